The van der Waals surface area contributed by atoms with Gasteiger partial charge in [0.25, 0.3) is 5.91 Å². The number of rotatable bonds is 10. The van der Waals surface area contributed by atoms with Gasteiger partial charge in [-0.2, -0.15) is 0 Å². The van der Waals surface area contributed by atoms with Crippen molar-refractivity contribution < 1.29 is 19.0 Å². The first-order valence-corrected chi connectivity index (χ1v) is 9.50. The highest BCUT2D eigenvalue weighted by Crippen LogP contribution is 2.30. The van der Waals surface area contributed by atoms with Crippen LogP contribution in [0.4, 0.5) is 5.69 Å². The van der Waals surface area contributed by atoms with Gasteiger partial charge in [-0.05, 0) is 49.9 Å². The summed E-state index contributed by atoms with van der Waals surface area (Å²) >= 11 is 0. The van der Waals surface area contributed by atoms with Crippen LogP contribution < -0.4 is 19.5 Å². The Bertz CT molecular complexity index is 745. The molecule has 0 aromatic heterocycles. The van der Waals surface area contributed by atoms with E-state index in [1.807, 2.05) is 44.2 Å². The average molecular weight is 371 g/mol. The Morgan fingerprint density at radius 1 is 0.963 bits per heavy atom. The molecule has 0 radical (unpaired) electrons. The largest absolute Gasteiger partial charge is 0.494 e. The predicted octanol–water partition coefficient (Wildman–Crippen LogP) is 5.02. The lowest BCUT2D eigenvalue weighted by Gasteiger charge is -2.16. The first-order chi connectivity index (χ1) is 13.1. The lowest BCUT2D eigenvalue weighted by molar-refractivity contribution is -0.118. The molecule has 0 aliphatic rings. The minimum absolute atomic E-state index is 0.0716. The molecule has 1 N–H and O–H groups in total. The zero-order valence-corrected chi connectivity index (χ0v) is 16.6. The zero-order valence-electron chi connectivity index (χ0n) is 16.6. The number of carbonyl (C=O) groups is 1. The molecule has 5 heteroatoms. The molecule has 0 bridgehead atoms. The summed E-state index contributed by atoms with van der Waals surface area (Å²) in [4.78, 5) is 12.4. The van der Waals surface area contributed by atoms with E-state index >= 15 is 0 Å². The van der Waals surface area contributed by atoms with Crippen molar-refractivity contribution in [3.8, 4) is 17.2 Å². The standard InChI is InChI=1S/C22H29NO4/c1-5-16(4)18-10-8-9-11-20(18)27-15-22(24)23-19-14-17(25-6-2)12-13-21(19)26-7-3/h8-14,16H,5-7,15H2,1-4H3,(H,23,24). The summed E-state index contributed by atoms with van der Waals surface area (Å²) in [5.41, 5.74) is 1.69. The summed E-state index contributed by atoms with van der Waals surface area (Å²) in [7, 11) is 0. The van der Waals surface area contributed by atoms with Crippen LogP contribution in [0.2, 0.25) is 0 Å². The third-order valence-electron chi connectivity index (χ3n) is 4.26. The molecule has 1 atom stereocenters. The van der Waals surface area contributed by atoms with E-state index in [1.54, 1.807) is 12.1 Å². The van der Waals surface area contributed by atoms with Crippen molar-refractivity contribution in [3.05, 3.63) is 48.0 Å². The monoisotopic (exact) mass is 371 g/mol. The van der Waals surface area contributed by atoms with Gasteiger partial charge in [-0.25, -0.2) is 0 Å². The summed E-state index contributed by atoms with van der Waals surface area (Å²) in [6.45, 7) is 9.09. The van der Waals surface area contributed by atoms with E-state index in [9.17, 15) is 4.79 Å². The Morgan fingerprint density at radius 3 is 2.41 bits per heavy atom. The van der Waals surface area contributed by atoms with Gasteiger partial charge in [0, 0.05) is 6.07 Å². The van der Waals surface area contributed by atoms with E-state index in [2.05, 4.69) is 19.2 Å². The number of ether oxygens (including phenoxy) is 3. The maximum atomic E-state index is 12.4. The van der Waals surface area contributed by atoms with Crippen LogP contribution in [0.25, 0.3) is 0 Å². The molecule has 2 aromatic carbocycles. The van der Waals surface area contributed by atoms with Gasteiger partial charge >= 0.3 is 0 Å². The van der Waals surface area contributed by atoms with Crippen LogP contribution in [0, 0.1) is 0 Å². The van der Waals surface area contributed by atoms with Gasteiger partial charge in [-0.1, -0.05) is 32.0 Å². The molecule has 2 aromatic rings. The maximum Gasteiger partial charge on any atom is 0.262 e. The SMILES string of the molecule is CCOc1ccc(OCC)c(NC(=O)COc2ccccc2C(C)CC)c1. The molecule has 27 heavy (non-hydrogen) atoms. The molecule has 0 saturated carbocycles. The third-order valence-corrected chi connectivity index (χ3v) is 4.26. The second-order valence-corrected chi connectivity index (χ2v) is 6.21. The van der Waals surface area contributed by atoms with Crippen molar-refractivity contribution >= 4 is 11.6 Å². The molecular weight excluding hydrogens is 342 g/mol. The van der Waals surface area contributed by atoms with Crippen molar-refractivity contribution in [1.29, 1.82) is 0 Å². The van der Waals surface area contributed by atoms with Gasteiger partial charge in [-0.3, -0.25) is 4.79 Å². The fourth-order valence-corrected chi connectivity index (χ4v) is 2.71. The summed E-state index contributed by atoms with van der Waals surface area (Å²) in [5.74, 6) is 2.16. The molecule has 0 aliphatic heterocycles. The highest BCUT2D eigenvalue weighted by atomic mass is 16.5. The number of amides is 1. The van der Waals surface area contributed by atoms with Crippen LogP contribution >= 0.6 is 0 Å². The van der Waals surface area contributed by atoms with Crippen molar-refractivity contribution in [2.24, 2.45) is 0 Å². The third kappa shape index (κ3) is 5.91. The molecule has 0 spiro atoms. The summed E-state index contributed by atoms with van der Waals surface area (Å²) in [6, 6.07) is 13.2. The first kappa shape index (κ1) is 20.6. The Labute approximate surface area is 161 Å². The number of carbonyl (C=O) groups excluding carboxylic acids is 1. The average Bonchev–Trinajstić information content (AvgIpc) is 2.68. The van der Waals surface area contributed by atoms with Gasteiger partial charge in [0.05, 0.1) is 18.9 Å². The molecule has 2 rings (SSSR count). The molecule has 0 heterocycles. The second kappa shape index (κ2) is 10.5. The first-order valence-electron chi connectivity index (χ1n) is 9.50. The molecular formula is C22H29NO4. The Morgan fingerprint density at radius 2 is 1.70 bits per heavy atom. The van der Waals surface area contributed by atoms with Crippen molar-refractivity contribution in [1.82, 2.24) is 0 Å². The van der Waals surface area contributed by atoms with Crippen molar-refractivity contribution in [2.75, 3.05) is 25.1 Å². The molecule has 5 nitrogen and oxygen atoms in total. The van der Waals surface area contributed by atoms with E-state index in [0.29, 0.717) is 36.3 Å². The van der Waals surface area contributed by atoms with Crippen LogP contribution in [0.15, 0.2) is 42.5 Å². The number of hydrogen-bond acceptors (Lipinski definition) is 4. The number of nitrogens with one attached hydrogen (secondary N) is 1. The van der Waals surface area contributed by atoms with Crippen LogP contribution in [0.1, 0.15) is 45.6 Å². The Kier molecular flexibility index (Phi) is 7.99. The molecule has 0 fully saturated rings. The fraction of sp³-hybridized carbons (Fsp3) is 0.409. The van der Waals surface area contributed by atoms with Gasteiger partial charge < -0.3 is 19.5 Å². The fourth-order valence-electron chi connectivity index (χ4n) is 2.71. The minimum Gasteiger partial charge on any atom is -0.494 e. The molecule has 1 unspecified atom stereocenters. The quantitative estimate of drug-likeness (QED) is 0.637. The van der Waals surface area contributed by atoms with E-state index in [1.165, 1.54) is 0 Å². The summed E-state index contributed by atoms with van der Waals surface area (Å²) < 4.78 is 16.9. The summed E-state index contributed by atoms with van der Waals surface area (Å²) in [5, 5.41) is 2.86. The smallest absolute Gasteiger partial charge is 0.262 e. The minimum atomic E-state index is -0.247. The van der Waals surface area contributed by atoms with Gasteiger partial charge in [-0.15, -0.1) is 0 Å². The predicted molar refractivity (Wildman–Crippen MR) is 108 cm³/mol. The maximum absolute atomic E-state index is 12.4. The van der Waals surface area contributed by atoms with E-state index in [0.717, 1.165) is 17.7 Å². The van der Waals surface area contributed by atoms with Crippen LogP contribution in [-0.4, -0.2) is 25.7 Å². The highest BCUT2D eigenvalue weighted by Gasteiger charge is 2.13. The van der Waals surface area contributed by atoms with E-state index in [-0.39, 0.29) is 12.5 Å². The van der Waals surface area contributed by atoms with Crippen LogP contribution in [0.5, 0.6) is 17.2 Å². The number of benzene rings is 2. The highest BCUT2D eigenvalue weighted by molar-refractivity contribution is 5.93. The van der Waals surface area contributed by atoms with Crippen LogP contribution in [0.3, 0.4) is 0 Å². The second-order valence-electron chi connectivity index (χ2n) is 6.21. The number of para-hydroxylation sites is 1. The van der Waals surface area contributed by atoms with Gasteiger partial charge in [0.1, 0.15) is 17.2 Å². The normalized spacial score (nSPS) is 11.6. The number of hydrogen-bond donors (Lipinski definition) is 1. The van der Waals surface area contributed by atoms with Crippen LogP contribution in [-0.2, 0) is 4.79 Å². The molecule has 146 valence electrons. The van der Waals surface area contributed by atoms with Gasteiger partial charge in [0.15, 0.2) is 6.61 Å². The lowest BCUT2D eigenvalue weighted by atomic mass is 9.98. The Hall–Kier alpha value is -2.69. The molecule has 0 aliphatic carbocycles. The zero-order chi connectivity index (χ0) is 19.6. The van der Waals surface area contributed by atoms with Gasteiger partial charge in [0.2, 0.25) is 0 Å². The van der Waals surface area contributed by atoms with Crippen molar-refractivity contribution in [2.45, 2.75) is 40.0 Å². The topological polar surface area (TPSA) is 56.8 Å². The van der Waals surface area contributed by atoms with E-state index in [4.69, 9.17) is 14.2 Å². The molecule has 0 saturated heterocycles. The van der Waals surface area contributed by atoms with E-state index < -0.39 is 0 Å². The lowest BCUT2D eigenvalue weighted by Crippen LogP contribution is -2.21. The summed E-state index contributed by atoms with van der Waals surface area (Å²) in [6.07, 6.45) is 1.01. The Balaban J connectivity index is 2.07. The number of anilines is 1. The van der Waals surface area contributed by atoms with Crippen molar-refractivity contribution in [3.63, 3.8) is 0 Å². The molecule has 1 amide bonds.